The molecular formula is C14H24N2O3. The maximum Gasteiger partial charge on any atom is 0.246 e. The normalized spacial score (nSPS) is 29.4. The average molecular weight is 268 g/mol. The average Bonchev–Trinajstić information content (AvgIpc) is 2.43. The van der Waals surface area contributed by atoms with E-state index < -0.39 is 0 Å². The zero-order chi connectivity index (χ0) is 14.0. The summed E-state index contributed by atoms with van der Waals surface area (Å²) in [4.78, 5) is 28.6. The van der Waals surface area contributed by atoms with Gasteiger partial charge in [0.05, 0.1) is 0 Å². The lowest BCUT2D eigenvalue weighted by Gasteiger charge is -2.48. The third-order valence-corrected chi connectivity index (χ3v) is 4.31. The van der Waals surface area contributed by atoms with Crippen LogP contribution in [0.25, 0.3) is 0 Å². The molecule has 5 heteroatoms. The Morgan fingerprint density at radius 1 is 1.32 bits per heavy atom. The molecule has 5 nitrogen and oxygen atoms in total. The number of rotatable bonds is 4. The lowest BCUT2D eigenvalue weighted by molar-refractivity contribution is -0.165. The minimum absolute atomic E-state index is 0.0514. The van der Waals surface area contributed by atoms with Crippen molar-refractivity contribution in [1.82, 2.24) is 9.80 Å². The van der Waals surface area contributed by atoms with Crippen LogP contribution in [0.2, 0.25) is 0 Å². The van der Waals surface area contributed by atoms with E-state index in [1.807, 2.05) is 13.8 Å². The molecule has 2 amide bonds. The number of carbonyl (C=O) groups is 2. The van der Waals surface area contributed by atoms with Crippen molar-refractivity contribution in [2.24, 2.45) is 0 Å². The van der Waals surface area contributed by atoms with Gasteiger partial charge in [-0.1, -0.05) is 0 Å². The van der Waals surface area contributed by atoms with Gasteiger partial charge in [0.25, 0.3) is 0 Å². The van der Waals surface area contributed by atoms with Crippen LogP contribution in [-0.2, 0) is 14.3 Å². The van der Waals surface area contributed by atoms with Crippen LogP contribution in [0.5, 0.6) is 0 Å². The Morgan fingerprint density at radius 2 is 2.05 bits per heavy atom. The summed E-state index contributed by atoms with van der Waals surface area (Å²) in [7, 11) is 1.65. The van der Waals surface area contributed by atoms with Crippen LogP contribution in [0.3, 0.4) is 0 Å². The zero-order valence-corrected chi connectivity index (χ0v) is 12.1. The van der Waals surface area contributed by atoms with E-state index in [9.17, 15) is 9.59 Å². The molecule has 0 aromatic heterocycles. The number of amides is 2. The fraction of sp³-hybridized carbons (Fsp3) is 0.857. The Morgan fingerprint density at radius 3 is 2.74 bits per heavy atom. The molecular weight excluding hydrogens is 244 g/mol. The number of nitrogens with zero attached hydrogens (tertiary/aromatic N) is 2. The minimum Gasteiger partial charge on any atom is -0.385 e. The fourth-order valence-corrected chi connectivity index (χ4v) is 3.20. The van der Waals surface area contributed by atoms with Crippen molar-refractivity contribution >= 4 is 11.8 Å². The Hall–Kier alpha value is -1.10. The summed E-state index contributed by atoms with van der Waals surface area (Å²) in [6.07, 6.45) is 3.63. The highest BCUT2D eigenvalue weighted by Gasteiger charge is 2.45. The van der Waals surface area contributed by atoms with E-state index in [0.29, 0.717) is 6.61 Å². The van der Waals surface area contributed by atoms with E-state index in [2.05, 4.69) is 0 Å². The number of methoxy groups -OCH3 is 1. The van der Waals surface area contributed by atoms with E-state index in [-0.39, 0.29) is 29.9 Å². The topological polar surface area (TPSA) is 49.9 Å². The van der Waals surface area contributed by atoms with Crippen molar-refractivity contribution in [3.63, 3.8) is 0 Å². The maximum absolute atomic E-state index is 12.6. The monoisotopic (exact) mass is 268 g/mol. The molecule has 2 aliphatic heterocycles. The van der Waals surface area contributed by atoms with Gasteiger partial charge in [-0.05, 0) is 39.5 Å². The van der Waals surface area contributed by atoms with Gasteiger partial charge >= 0.3 is 0 Å². The molecule has 0 aromatic rings. The zero-order valence-electron chi connectivity index (χ0n) is 12.1. The highest BCUT2D eigenvalue weighted by molar-refractivity contribution is 5.97. The number of piperazine rings is 1. The molecule has 3 unspecified atom stereocenters. The number of hydrogen-bond donors (Lipinski definition) is 0. The van der Waals surface area contributed by atoms with Crippen molar-refractivity contribution in [2.75, 3.05) is 20.3 Å². The molecule has 0 aliphatic carbocycles. The summed E-state index contributed by atoms with van der Waals surface area (Å²) in [5, 5.41) is 0. The lowest BCUT2D eigenvalue weighted by atomic mass is 9.94. The summed E-state index contributed by atoms with van der Waals surface area (Å²) in [5.74, 6) is 0.226. The number of fused-ring (bicyclic) bond motifs is 1. The van der Waals surface area contributed by atoms with Crippen molar-refractivity contribution in [1.29, 1.82) is 0 Å². The van der Waals surface area contributed by atoms with Gasteiger partial charge < -0.3 is 14.5 Å². The smallest absolute Gasteiger partial charge is 0.246 e. The fourth-order valence-electron chi connectivity index (χ4n) is 3.20. The van der Waals surface area contributed by atoms with E-state index >= 15 is 0 Å². The molecule has 0 saturated carbocycles. The Bertz CT molecular complexity index is 359. The largest absolute Gasteiger partial charge is 0.385 e. The molecule has 0 spiro atoms. The third kappa shape index (κ3) is 2.61. The van der Waals surface area contributed by atoms with Crippen molar-refractivity contribution in [3.05, 3.63) is 0 Å². The third-order valence-electron chi connectivity index (χ3n) is 4.31. The minimum atomic E-state index is -0.339. The van der Waals surface area contributed by atoms with E-state index in [0.717, 1.165) is 32.2 Å². The summed E-state index contributed by atoms with van der Waals surface area (Å²) >= 11 is 0. The van der Waals surface area contributed by atoms with Crippen LogP contribution >= 0.6 is 0 Å². The lowest BCUT2D eigenvalue weighted by Crippen LogP contribution is -2.66. The molecule has 0 radical (unpaired) electrons. The first-order valence-corrected chi connectivity index (χ1v) is 7.19. The van der Waals surface area contributed by atoms with Crippen molar-refractivity contribution in [2.45, 2.75) is 57.7 Å². The van der Waals surface area contributed by atoms with Crippen LogP contribution in [-0.4, -0.2) is 60.0 Å². The van der Waals surface area contributed by atoms with Gasteiger partial charge in [0.1, 0.15) is 12.1 Å². The molecule has 2 fully saturated rings. The van der Waals surface area contributed by atoms with Crippen molar-refractivity contribution in [3.8, 4) is 0 Å². The van der Waals surface area contributed by atoms with Gasteiger partial charge in [-0.2, -0.15) is 0 Å². The van der Waals surface area contributed by atoms with Crippen LogP contribution in [0, 0.1) is 0 Å². The van der Waals surface area contributed by atoms with Crippen molar-refractivity contribution < 1.29 is 14.3 Å². The molecule has 2 saturated heterocycles. The van der Waals surface area contributed by atoms with Crippen LogP contribution in [0.1, 0.15) is 39.5 Å². The Labute approximate surface area is 114 Å². The van der Waals surface area contributed by atoms with Crippen LogP contribution < -0.4 is 0 Å². The van der Waals surface area contributed by atoms with Gasteiger partial charge in [-0.3, -0.25) is 9.59 Å². The number of piperidine rings is 1. The maximum atomic E-state index is 12.6. The van der Waals surface area contributed by atoms with Crippen LogP contribution in [0.4, 0.5) is 0 Å². The second-order valence-corrected chi connectivity index (χ2v) is 5.60. The van der Waals surface area contributed by atoms with Gasteiger partial charge in [-0.25, -0.2) is 0 Å². The Kier molecular flexibility index (Phi) is 4.45. The quantitative estimate of drug-likeness (QED) is 0.765. The molecule has 19 heavy (non-hydrogen) atoms. The summed E-state index contributed by atoms with van der Waals surface area (Å²) in [6.45, 7) is 5.19. The van der Waals surface area contributed by atoms with Gasteiger partial charge in [0.15, 0.2) is 0 Å². The molecule has 108 valence electrons. The first-order valence-electron chi connectivity index (χ1n) is 7.19. The molecule has 3 atom stereocenters. The molecule has 0 N–H and O–H groups in total. The predicted molar refractivity (Wildman–Crippen MR) is 71.6 cm³/mol. The van der Waals surface area contributed by atoms with Gasteiger partial charge in [0.2, 0.25) is 11.8 Å². The summed E-state index contributed by atoms with van der Waals surface area (Å²) < 4.78 is 5.07. The van der Waals surface area contributed by atoms with E-state index in [4.69, 9.17) is 4.74 Å². The summed E-state index contributed by atoms with van der Waals surface area (Å²) in [6, 6.07) is -0.508. The van der Waals surface area contributed by atoms with Gasteiger partial charge in [0, 0.05) is 26.3 Å². The standard InChI is InChI=1S/C14H24N2O3/c1-10(7-9-19-3)16-11(2)13(17)15-8-5-4-6-12(15)14(16)18/h10-12H,4-9H2,1-3H3. The number of hydrogen-bond acceptors (Lipinski definition) is 3. The second kappa shape index (κ2) is 5.90. The first-order chi connectivity index (χ1) is 9.07. The van der Waals surface area contributed by atoms with E-state index in [1.165, 1.54) is 0 Å². The molecule has 2 rings (SSSR count). The highest BCUT2D eigenvalue weighted by atomic mass is 16.5. The van der Waals surface area contributed by atoms with Crippen LogP contribution in [0.15, 0.2) is 0 Å². The number of carbonyl (C=O) groups excluding carboxylic acids is 2. The Balaban J connectivity index is 2.14. The molecule has 2 heterocycles. The van der Waals surface area contributed by atoms with Gasteiger partial charge in [-0.15, -0.1) is 0 Å². The first kappa shape index (κ1) is 14.3. The SMILES string of the molecule is COCCC(C)N1C(=O)C2CCCCN2C(=O)C1C. The molecule has 0 aromatic carbocycles. The summed E-state index contributed by atoms with van der Waals surface area (Å²) in [5.41, 5.74) is 0. The number of ether oxygens (including phenoxy) is 1. The second-order valence-electron chi connectivity index (χ2n) is 5.60. The molecule has 0 bridgehead atoms. The predicted octanol–water partition coefficient (Wildman–Crippen LogP) is 1.02. The molecule has 2 aliphatic rings. The highest BCUT2D eigenvalue weighted by Crippen LogP contribution is 2.28. The van der Waals surface area contributed by atoms with E-state index in [1.54, 1.807) is 16.9 Å².